The molecule has 1 aliphatic rings. The molecule has 0 aliphatic carbocycles. The number of nitrogens with one attached hydrogen (secondary N) is 1. The Morgan fingerprint density at radius 1 is 0.466 bits per heavy atom. The molecule has 0 saturated carbocycles. The van der Waals surface area contributed by atoms with E-state index in [1.807, 2.05) is 0 Å². The molecule has 0 aromatic carbocycles. The molecule has 1 rings (SSSR count). The van der Waals surface area contributed by atoms with Gasteiger partial charge < -0.3 is 50.5 Å². The summed E-state index contributed by atoms with van der Waals surface area (Å²) in [5, 5.41) is 76.2. The molecule has 0 aromatic heterocycles. The third kappa shape index (κ3) is 39.4. The third-order valence-electron chi connectivity index (χ3n) is 14.9. The van der Waals surface area contributed by atoms with Crippen molar-refractivity contribution in [2.75, 3.05) is 13.2 Å². The van der Waals surface area contributed by atoms with Crippen LogP contribution in [0.25, 0.3) is 0 Å². The second-order valence-corrected chi connectivity index (χ2v) is 21.8. The number of hydrogen-bond acceptors (Lipinski definition) is 10. The molecular formula is C62H117NO10. The first kappa shape index (κ1) is 69.3. The van der Waals surface area contributed by atoms with Gasteiger partial charge in [-0.25, -0.2) is 0 Å². The molecule has 1 amide bonds. The third-order valence-corrected chi connectivity index (χ3v) is 14.9. The van der Waals surface area contributed by atoms with Gasteiger partial charge in [0.1, 0.15) is 36.6 Å². The fourth-order valence-electron chi connectivity index (χ4n) is 9.87. The Labute approximate surface area is 447 Å². The van der Waals surface area contributed by atoms with E-state index in [4.69, 9.17) is 9.47 Å². The Morgan fingerprint density at radius 2 is 0.822 bits per heavy atom. The lowest BCUT2D eigenvalue weighted by Gasteiger charge is -2.40. The minimum atomic E-state index is -1.67. The number of allylic oxidation sites excluding steroid dienone is 6. The summed E-state index contributed by atoms with van der Waals surface area (Å²) in [6.45, 7) is 3.47. The summed E-state index contributed by atoms with van der Waals surface area (Å²) >= 11 is 0. The zero-order valence-corrected chi connectivity index (χ0v) is 47.1. The Bertz CT molecular complexity index is 1280. The van der Waals surface area contributed by atoms with Gasteiger partial charge in [-0.15, -0.1) is 0 Å². The van der Waals surface area contributed by atoms with Gasteiger partial charge in [0.05, 0.1) is 25.4 Å². The Morgan fingerprint density at radius 3 is 1.22 bits per heavy atom. The molecule has 73 heavy (non-hydrogen) atoms. The number of rotatable bonds is 53. The number of ether oxygens (including phenoxy) is 2. The quantitative estimate of drug-likeness (QED) is 0.0215. The number of amides is 1. The highest BCUT2D eigenvalue weighted by atomic mass is 16.7. The van der Waals surface area contributed by atoms with Crippen LogP contribution in [0.15, 0.2) is 36.5 Å². The highest BCUT2D eigenvalue weighted by Gasteiger charge is 2.44. The smallest absolute Gasteiger partial charge is 0.249 e. The normalized spacial score (nSPS) is 20.2. The van der Waals surface area contributed by atoms with Crippen LogP contribution in [0, 0.1) is 0 Å². The number of aliphatic hydroxyl groups excluding tert-OH is 7. The van der Waals surface area contributed by atoms with Crippen molar-refractivity contribution < 1.29 is 50.0 Å². The molecule has 430 valence electrons. The number of carbonyl (C=O) groups is 1. The molecule has 1 heterocycles. The first-order valence-corrected chi connectivity index (χ1v) is 30.9. The number of aliphatic hydroxyl groups is 7. The highest BCUT2D eigenvalue weighted by molar-refractivity contribution is 5.80. The van der Waals surface area contributed by atoms with Gasteiger partial charge >= 0.3 is 0 Å². The molecule has 0 aromatic rings. The van der Waals surface area contributed by atoms with Gasteiger partial charge in [0, 0.05) is 0 Å². The van der Waals surface area contributed by atoms with Crippen LogP contribution in [-0.4, -0.2) is 110 Å². The first-order chi connectivity index (χ1) is 35.7. The largest absolute Gasteiger partial charge is 0.394 e. The summed E-state index contributed by atoms with van der Waals surface area (Å²) in [6, 6.07) is -1.19. The molecule has 1 saturated heterocycles. The van der Waals surface area contributed by atoms with Crippen LogP contribution in [0.2, 0.25) is 0 Å². The number of unbranched alkanes of at least 4 members (excludes halogenated alkanes) is 35. The summed E-state index contributed by atoms with van der Waals surface area (Å²) in [5.74, 6) is -0.711. The van der Waals surface area contributed by atoms with Gasteiger partial charge in [-0.05, 0) is 77.0 Å². The van der Waals surface area contributed by atoms with Gasteiger partial charge in [-0.1, -0.05) is 243 Å². The van der Waals surface area contributed by atoms with Crippen molar-refractivity contribution in [2.24, 2.45) is 0 Å². The van der Waals surface area contributed by atoms with E-state index in [9.17, 15) is 40.5 Å². The number of hydrogen-bond donors (Lipinski definition) is 8. The highest BCUT2D eigenvalue weighted by Crippen LogP contribution is 2.23. The molecule has 0 radical (unpaired) electrons. The molecule has 8 N–H and O–H groups in total. The molecule has 11 heteroatoms. The maximum Gasteiger partial charge on any atom is 0.249 e. The predicted molar refractivity (Wildman–Crippen MR) is 302 cm³/mol. The molecule has 11 nitrogen and oxygen atoms in total. The summed E-state index contributed by atoms with van der Waals surface area (Å²) < 4.78 is 11.1. The minimum absolute atomic E-state index is 0.246. The van der Waals surface area contributed by atoms with Gasteiger partial charge in [0.15, 0.2) is 6.29 Å². The fourth-order valence-corrected chi connectivity index (χ4v) is 9.87. The van der Waals surface area contributed by atoms with E-state index >= 15 is 0 Å². The van der Waals surface area contributed by atoms with Crippen LogP contribution in [0.3, 0.4) is 0 Å². The average Bonchev–Trinajstić information content (AvgIpc) is 3.39. The fraction of sp³-hybridized carbons (Fsp3) is 0.887. The molecule has 0 spiro atoms. The monoisotopic (exact) mass is 1040 g/mol. The SMILES string of the molecule is CCCCCCCCCCCCCC/C=C\CCCCCCCCCC(O)C(=O)NC(COC1OC(CO)C(O)C(O)C1O)C(O)C(O)CCC/C=C/CC/C=C/CCCCCCCCCCCCCCCC. The Kier molecular flexibility index (Phi) is 48.5. The zero-order chi connectivity index (χ0) is 53.3. The maximum absolute atomic E-state index is 13.2. The summed E-state index contributed by atoms with van der Waals surface area (Å²) in [5.41, 5.74) is 0. The van der Waals surface area contributed by atoms with Crippen molar-refractivity contribution >= 4 is 5.91 Å². The molecule has 9 unspecified atom stereocenters. The van der Waals surface area contributed by atoms with E-state index in [1.165, 1.54) is 193 Å². The maximum atomic E-state index is 13.2. The molecule has 0 bridgehead atoms. The van der Waals surface area contributed by atoms with Crippen molar-refractivity contribution in [2.45, 2.75) is 339 Å². The van der Waals surface area contributed by atoms with Crippen molar-refractivity contribution in [1.29, 1.82) is 0 Å². The van der Waals surface area contributed by atoms with Crippen molar-refractivity contribution in [1.82, 2.24) is 5.32 Å². The van der Waals surface area contributed by atoms with Crippen LogP contribution >= 0.6 is 0 Å². The van der Waals surface area contributed by atoms with Gasteiger partial charge in [-0.3, -0.25) is 4.79 Å². The van der Waals surface area contributed by atoms with Crippen molar-refractivity contribution in [3.8, 4) is 0 Å². The average molecular weight is 1040 g/mol. The van der Waals surface area contributed by atoms with Crippen LogP contribution in [-0.2, 0) is 14.3 Å². The van der Waals surface area contributed by atoms with E-state index in [2.05, 4.69) is 55.6 Å². The molecular weight excluding hydrogens is 919 g/mol. The van der Waals surface area contributed by atoms with E-state index < -0.39 is 74.2 Å². The summed E-state index contributed by atoms with van der Waals surface area (Å²) in [4.78, 5) is 13.2. The lowest BCUT2D eigenvalue weighted by atomic mass is 9.98. The number of carbonyl (C=O) groups excluding carboxylic acids is 1. The summed E-state index contributed by atoms with van der Waals surface area (Å²) in [7, 11) is 0. The minimum Gasteiger partial charge on any atom is -0.394 e. The molecule has 1 fully saturated rings. The Hall–Kier alpha value is -1.67. The zero-order valence-electron chi connectivity index (χ0n) is 47.1. The van der Waals surface area contributed by atoms with Crippen LogP contribution < -0.4 is 5.32 Å². The second-order valence-electron chi connectivity index (χ2n) is 21.8. The topological polar surface area (TPSA) is 189 Å². The van der Waals surface area contributed by atoms with Crippen LogP contribution in [0.4, 0.5) is 0 Å². The molecule has 1 aliphatic heterocycles. The van der Waals surface area contributed by atoms with Crippen molar-refractivity contribution in [3.63, 3.8) is 0 Å². The lowest BCUT2D eigenvalue weighted by molar-refractivity contribution is -0.303. The van der Waals surface area contributed by atoms with E-state index in [1.54, 1.807) is 0 Å². The standard InChI is InChI=1S/C62H117NO10/c1-3-5-7-9-11-13-15-17-19-21-23-25-27-29-31-33-35-37-39-41-43-45-47-49-54(65)57(67)53(52-72-62-60(70)59(69)58(68)56(51-64)73-62)63-61(71)55(66)50-48-46-44-42-40-38-36-34-32-30-28-26-24-22-20-18-16-14-12-10-8-6-4-2/h30,32-33,35,41,43,53-60,62,64-70H,3-29,31,34,36-40,42,44-52H2,1-2H3,(H,63,71)/b32-30-,35-33+,43-41+. The van der Waals surface area contributed by atoms with Crippen LogP contribution in [0.1, 0.15) is 284 Å². The van der Waals surface area contributed by atoms with Gasteiger partial charge in [-0.2, -0.15) is 0 Å². The Balaban J connectivity index is 2.32. The molecule has 9 atom stereocenters. The predicted octanol–water partition coefficient (Wildman–Crippen LogP) is 13.5. The summed E-state index contributed by atoms with van der Waals surface area (Å²) in [6.07, 6.45) is 52.0. The first-order valence-electron chi connectivity index (χ1n) is 30.9. The van der Waals surface area contributed by atoms with Gasteiger partial charge in [0.25, 0.3) is 0 Å². The lowest BCUT2D eigenvalue weighted by Crippen LogP contribution is -2.60. The van der Waals surface area contributed by atoms with Gasteiger partial charge in [0.2, 0.25) is 5.91 Å². The van der Waals surface area contributed by atoms with E-state index in [0.29, 0.717) is 19.3 Å². The van der Waals surface area contributed by atoms with E-state index in [0.717, 1.165) is 44.9 Å². The second kappa shape index (κ2) is 51.1. The van der Waals surface area contributed by atoms with E-state index in [-0.39, 0.29) is 12.8 Å². The van der Waals surface area contributed by atoms with Crippen molar-refractivity contribution in [3.05, 3.63) is 36.5 Å². The van der Waals surface area contributed by atoms with Crippen LogP contribution in [0.5, 0.6) is 0 Å².